The van der Waals surface area contributed by atoms with Crippen LogP contribution >= 0.6 is 0 Å². The fraction of sp³-hybridized carbons (Fsp3) is 0.500. The molecule has 20 heavy (non-hydrogen) atoms. The number of nitrogens with one attached hydrogen (secondary N) is 1. The zero-order valence-electron chi connectivity index (χ0n) is 11.9. The Kier molecular flexibility index (Phi) is 5.21. The molecule has 0 spiro atoms. The van der Waals surface area contributed by atoms with Crippen LogP contribution in [-0.4, -0.2) is 39.7 Å². The summed E-state index contributed by atoms with van der Waals surface area (Å²) >= 11 is 0. The molecule has 1 rings (SSSR count). The first-order valence-corrected chi connectivity index (χ1v) is 6.37. The van der Waals surface area contributed by atoms with Gasteiger partial charge in [0.2, 0.25) is 0 Å². The highest BCUT2D eigenvalue weighted by atomic mass is 16.4. The van der Waals surface area contributed by atoms with Gasteiger partial charge in [0.1, 0.15) is 5.69 Å². The molecular weight excluding hydrogens is 260 g/mol. The molecule has 0 aliphatic heterocycles. The third-order valence-corrected chi connectivity index (χ3v) is 2.82. The van der Waals surface area contributed by atoms with Gasteiger partial charge in [-0.25, -0.2) is 9.78 Å². The van der Waals surface area contributed by atoms with Gasteiger partial charge in [-0.3, -0.25) is 4.79 Å². The van der Waals surface area contributed by atoms with Gasteiger partial charge < -0.3 is 15.5 Å². The summed E-state index contributed by atoms with van der Waals surface area (Å²) in [6, 6.07) is 2.71. The average Bonchev–Trinajstić information content (AvgIpc) is 2.34. The van der Waals surface area contributed by atoms with Crippen molar-refractivity contribution in [3.05, 3.63) is 29.6 Å². The summed E-state index contributed by atoms with van der Waals surface area (Å²) in [7, 11) is 0. The first-order chi connectivity index (χ1) is 9.21. The van der Waals surface area contributed by atoms with Crippen LogP contribution in [0, 0.1) is 5.41 Å². The Morgan fingerprint density at radius 1 is 1.40 bits per heavy atom. The maximum atomic E-state index is 11.9. The molecule has 1 atom stereocenters. The number of carbonyl (C=O) groups excluding carboxylic acids is 1. The van der Waals surface area contributed by atoms with Gasteiger partial charge >= 0.3 is 5.97 Å². The maximum absolute atomic E-state index is 11.9. The number of pyridine rings is 1. The minimum atomic E-state index is -1.13. The molecule has 0 bridgehead atoms. The summed E-state index contributed by atoms with van der Waals surface area (Å²) in [5.74, 6) is -1.44. The smallest absolute Gasteiger partial charge is 0.354 e. The molecule has 1 aromatic rings. The Morgan fingerprint density at radius 2 is 2.05 bits per heavy atom. The Bertz CT molecular complexity index is 480. The molecule has 0 aliphatic carbocycles. The van der Waals surface area contributed by atoms with Crippen LogP contribution in [0.25, 0.3) is 0 Å². The number of carbonyl (C=O) groups is 2. The summed E-state index contributed by atoms with van der Waals surface area (Å²) < 4.78 is 0. The summed E-state index contributed by atoms with van der Waals surface area (Å²) in [5.41, 5.74) is -0.0167. The lowest BCUT2D eigenvalue weighted by molar-refractivity contribution is 0.0689. The maximum Gasteiger partial charge on any atom is 0.354 e. The molecule has 1 amide bonds. The van der Waals surface area contributed by atoms with Crippen LogP contribution in [-0.2, 0) is 0 Å². The van der Waals surface area contributed by atoms with Gasteiger partial charge in [0, 0.05) is 12.7 Å². The normalized spacial score (nSPS) is 12.8. The zero-order valence-corrected chi connectivity index (χ0v) is 11.9. The van der Waals surface area contributed by atoms with Crippen LogP contribution in [0.1, 0.15) is 48.0 Å². The second-order valence-corrected chi connectivity index (χ2v) is 5.64. The molecule has 3 N–H and O–H groups in total. The molecule has 0 aromatic carbocycles. The summed E-state index contributed by atoms with van der Waals surface area (Å²) in [4.78, 5) is 26.2. The number of amides is 1. The fourth-order valence-corrected chi connectivity index (χ4v) is 1.95. The molecule has 6 nitrogen and oxygen atoms in total. The second kappa shape index (κ2) is 6.47. The molecule has 1 unspecified atom stereocenters. The van der Waals surface area contributed by atoms with Crippen molar-refractivity contribution >= 4 is 11.9 Å². The number of aromatic carboxylic acids is 1. The minimum absolute atomic E-state index is 0.101. The van der Waals surface area contributed by atoms with E-state index in [2.05, 4.69) is 10.3 Å². The number of hydrogen-bond acceptors (Lipinski definition) is 4. The van der Waals surface area contributed by atoms with E-state index in [9.17, 15) is 14.7 Å². The van der Waals surface area contributed by atoms with E-state index < -0.39 is 12.1 Å². The van der Waals surface area contributed by atoms with Crippen LogP contribution < -0.4 is 5.32 Å². The highest BCUT2D eigenvalue weighted by Gasteiger charge is 2.21. The van der Waals surface area contributed by atoms with E-state index in [4.69, 9.17) is 5.11 Å². The quantitative estimate of drug-likeness (QED) is 0.729. The van der Waals surface area contributed by atoms with Crippen molar-refractivity contribution < 1.29 is 19.8 Å². The van der Waals surface area contributed by atoms with Crippen molar-refractivity contribution in [1.82, 2.24) is 10.3 Å². The van der Waals surface area contributed by atoms with Crippen molar-refractivity contribution in [3.8, 4) is 0 Å². The van der Waals surface area contributed by atoms with E-state index in [0.717, 1.165) is 0 Å². The second-order valence-electron chi connectivity index (χ2n) is 5.64. The lowest BCUT2D eigenvalue weighted by Crippen LogP contribution is -2.35. The van der Waals surface area contributed by atoms with E-state index in [1.165, 1.54) is 18.3 Å². The highest BCUT2D eigenvalue weighted by Crippen LogP contribution is 2.21. The summed E-state index contributed by atoms with van der Waals surface area (Å²) in [6.07, 6.45) is 1.38. The topological polar surface area (TPSA) is 99.5 Å². The van der Waals surface area contributed by atoms with Crippen molar-refractivity contribution in [2.24, 2.45) is 5.41 Å². The predicted molar refractivity (Wildman–Crippen MR) is 73.6 cm³/mol. The molecule has 0 aliphatic rings. The van der Waals surface area contributed by atoms with E-state index in [1.54, 1.807) is 6.92 Å². The average molecular weight is 280 g/mol. The first kappa shape index (κ1) is 16.1. The monoisotopic (exact) mass is 280 g/mol. The first-order valence-electron chi connectivity index (χ1n) is 6.37. The number of aromatic nitrogens is 1. The Hall–Kier alpha value is -1.95. The van der Waals surface area contributed by atoms with Crippen LogP contribution in [0.15, 0.2) is 18.3 Å². The molecule has 110 valence electrons. The third-order valence-electron chi connectivity index (χ3n) is 2.82. The molecule has 0 fully saturated rings. The van der Waals surface area contributed by atoms with Gasteiger partial charge in [0.25, 0.3) is 5.91 Å². The minimum Gasteiger partial charge on any atom is -0.477 e. The summed E-state index contributed by atoms with van der Waals surface area (Å²) in [5, 5.41) is 20.9. The van der Waals surface area contributed by atoms with Gasteiger partial charge in [0.05, 0.1) is 11.7 Å². The van der Waals surface area contributed by atoms with Crippen LogP contribution in [0.4, 0.5) is 0 Å². The van der Waals surface area contributed by atoms with Crippen molar-refractivity contribution in [1.29, 1.82) is 0 Å². The van der Waals surface area contributed by atoms with Crippen LogP contribution in [0.3, 0.4) is 0 Å². The van der Waals surface area contributed by atoms with Crippen molar-refractivity contribution in [3.63, 3.8) is 0 Å². The molecular formula is C14H20N2O4. The molecule has 6 heteroatoms. The third kappa shape index (κ3) is 4.97. The Morgan fingerprint density at radius 3 is 2.50 bits per heavy atom. The van der Waals surface area contributed by atoms with Crippen molar-refractivity contribution in [2.75, 3.05) is 6.54 Å². The fourth-order valence-electron chi connectivity index (χ4n) is 1.95. The number of carboxylic acids is 1. The number of nitrogens with zero attached hydrogens (tertiary/aromatic N) is 1. The summed E-state index contributed by atoms with van der Waals surface area (Å²) in [6.45, 7) is 6.02. The lowest BCUT2D eigenvalue weighted by atomic mass is 9.87. The standard InChI is InChI=1S/C14H20N2O4/c1-9(17)6-14(2,3)8-16-12(18)10-4-5-11(13(19)20)15-7-10/h4-5,7,9,17H,6,8H2,1-3H3,(H,16,18)(H,19,20). The SMILES string of the molecule is CC(O)CC(C)(C)CNC(=O)c1ccc(C(=O)O)nc1. The molecule has 0 saturated heterocycles. The largest absolute Gasteiger partial charge is 0.477 e. The highest BCUT2D eigenvalue weighted by molar-refractivity contribution is 5.94. The Balaban J connectivity index is 2.61. The molecule has 0 radical (unpaired) electrons. The molecule has 1 aromatic heterocycles. The van der Waals surface area contributed by atoms with Gasteiger partial charge in [-0.05, 0) is 30.9 Å². The van der Waals surface area contributed by atoms with Crippen LogP contribution in [0.5, 0.6) is 0 Å². The van der Waals surface area contributed by atoms with E-state index in [0.29, 0.717) is 18.5 Å². The van der Waals surface area contributed by atoms with E-state index in [-0.39, 0.29) is 17.0 Å². The van der Waals surface area contributed by atoms with E-state index >= 15 is 0 Å². The number of carboxylic acid groups (broad SMARTS) is 1. The van der Waals surface area contributed by atoms with Gasteiger partial charge in [-0.1, -0.05) is 13.8 Å². The van der Waals surface area contributed by atoms with Crippen LogP contribution in [0.2, 0.25) is 0 Å². The lowest BCUT2D eigenvalue weighted by Gasteiger charge is -2.26. The predicted octanol–water partition coefficient (Wildman–Crippen LogP) is 1.31. The Labute approximate surface area is 117 Å². The van der Waals surface area contributed by atoms with Gasteiger partial charge in [-0.15, -0.1) is 0 Å². The number of aliphatic hydroxyl groups excluding tert-OH is 1. The number of rotatable bonds is 6. The van der Waals surface area contributed by atoms with E-state index in [1.807, 2.05) is 13.8 Å². The molecule has 1 heterocycles. The van der Waals surface area contributed by atoms with Gasteiger partial charge in [0.15, 0.2) is 0 Å². The number of hydrogen-bond donors (Lipinski definition) is 3. The zero-order chi connectivity index (χ0) is 15.3. The van der Waals surface area contributed by atoms with Crippen molar-refractivity contribution in [2.45, 2.75) is 33.3 Å². The molecule has 0 saturated carbocycles. The van der Waals surface area contributed by atoms with Gasteiger partial charge in [-0.2, -0.15) is 0 Å². The number of aliphatic hydroxyl groups is 1.